The highest BCUT2D eigenvalue weighted by Gasteiger charge is 2.08. The molecular formula is C16H14O3. The third-order valence-electron chi connectivity index (χ3n) is 3.10. The van der Waals surface area contributed by atoms with E-state index in [2.05, 4.69) is 13.0 Å². The van der Waals surface area contributed by atoms with Crippen molar-refractivity contribution in [2.24, 2.45) is 0 Å². The van der Waals surface area contributed by atoms with Crippen molar-refractivity contribution in [1.29, 1.82) is 0 Å². The lowest BCUT2D eigenvalue weighted by Gasteiger charge is -2.05. The van der Waals surface area contributed by atoms with E-state index in [1.165, 1.54) is 5.56 Å². The van der Waals surface area contributed by atoms with E-state index >= 15 is 0 Å². The van der Waals surface area contributed by atoms with Crippen molar-refractivity contribution in [2.75, 3.05) is 0 Å². The summed E-state index contributed by atoms with van der Waals surface area (Å²) in [5, 5.41) is 10.5. The standard InChI is InChI=1S/C16H14O3/c1-11-4-2-7-15-16(11)12(10-19-15)9-18-14-6-3-5-13(17)8-14/h2-8,10,17H,9H2,1H3. The van der Waals surface area contributed by atoms with Crippen LogP contribution in [0.25, 0.3) is 11.0 Å². The molecule has 96 valence electrons. The molecule has 0 fully saturated rings. The summed E-state index contributed by atoms with van der Waals surface area (Å²) in [4.78, 5) is 0. The van der Waals surface area contributed by atoms with Gasteiger partial charge in [-0.25, -0.2) is 0 Å². The molecule has 1 N–H and O–H groups in total. The van der Waals surface area contributed by atoms with Gasteiger partial charge in [0.05, 0.1) is 6.26 Å². The summed E-state index contributed by atoms with van der Waals surface area (Å²) in [5.74, 6) is 0.841. The van der Waals surface area contributed by atoms with Crippen LogP contribution in [-0.2, 0) is 6.61 Å². The summed E-state index contributed by atoms with van der Waals surface area (Å²) < 4.78 is 11.2. The summed E-state index contributed by atoms with van der Waals surface area (Å²) >= 11 is 0. The smallest absolute Gasteiger partial charge is 0.134 e. The van der Waals surface area contributed by atoms with Gasteiger partial charge in [-0.1, -0.05) is 18.2 Å². The van der Waals surface area contributed by atoms with Gasteiger partial charge in [-0.3, -0.25) is 0 Å². The number of rotatable bonds is 3. The van der Waals surface area contributed by atoms with Gasteiger partial charge < -0.3 is 14.3 Å². The molecule has 1 aromatic heterocycles. The van der Waals surface area contributed by atoms with Gasteiger partial charge in [0.1, 0.15) is 23.7 Å². The second-order valence-electron chi connectivity index (χ2n) is 4.50. The maximum atomic E-state index is 9.39. The SMILES string of the molecule is Cc1cccc2occ(COc3cccc(O)c3)c12. The monoisotopic (exact) mass is 254 g/mol. The highest BCUT2D eigenvalue weighted by atomic mass is 16.5. The maximum absolute atomic E-state index is 9.39. The van der Waals surface area contributed by atoms with Gasteiger partial charge in [-0.2, -0.15) is 0 Å². The first kappa shape index (κ1) is 11.7. The van der Waals surface area contributed by atoms with Crippen LogP contribution in [0, 0.1) is 6.92 Å². The number of phenolic OH excluding ortho intramolecular Hbond substituents is 1. The molecule has 0 radical (unpaired) electrons. The number of ether oxygens (including phenoxy) is 1. The summed E-state index contributed by atoms with van der Waals surface area (Å²) in [6.07, 6.45) is 1.72. The summed E-state index contributed by atoms with van der Waals surface area (Å²) in [6, 6.07) is 12.7. The molecule has 3 aromatic rings. The molecule has 0 aliphatic carbocycles. The van der Waals surface area contributed by atoms with Crippen LogP contribution in [0.2, 0.25) is 0 Å². The molecule has 0 aliphatic heterocycles. The Hall–Kier alpha value is -2.42. The number of aromatic hydroxyl groups is 1. The Bertz CT molecular complexity index is 713. The quantitative estimate of drug-likeness (QED) is 0.767. The highest BCUT2D eigenvalue weighted by molar-refractivity contribution is 5.84. The Morgan fingerprint density at radius 1 is 1.16 bits per heavy atom. The average molecular weight is 254 g/mol. The molecule has 0 unspecified atom stereocenters. The molecule has 3 heteroatoms. The van der Waals surface area contributed by atoms with E-state index in [0.29, 0.717) is 12.4 Å². The number of furan rings is 1. The fourth-order valence-electron chi connectivity index (χ4n) is 2.18. The van der Waals surface area contributed by atoms with Crippen molar-refractivity contribution in [2.45, 2.75) is 13.5 Å². The molecule has 0 saturated carbocycles. The minimum absolute atomic E-state index is 0.200. The molecule has 3 rings (SSSR count). The first-order valence-electron chi connectivity index (χ1n) is 6.11. The van der Waals surface area contributed by atoms with Crippen molar-refractivity contribution in [1.82, 2.24) is 0 Å². The minimum Gasteiger partial charge on any atom is -0.508 e. The van der Waals surface area contributed by atoms with E-state index in [1.54, 1.807) is 24.5 Å². The van der Waals surface area contributed by atoms with Gasteiger partial charge in [-0.15, -0.1) is 0 Å². The highest BCUT2D eigenvalue weighted by Crippen LogP contribution is 2.26. The fraction of sp³-hybridized carbons (Fsp3) is 0.125. The Morgan fingerprint density at radius 2 is 2.00 bits per heavy atom. The van der Waals surface area contributed by atoms with E-state index < -0.39 is 0 Å². The van der Waals surface area contributed by atoms with Crippen LogP contribution in [0.1, 0.15) is 11.1 Å². The van der Waals surface area contributed by atoms with Crippen LogP contribution in [0.5, 0.6) is 11.5 Å². The van der Waals surface area contributed by atoms with Crippen molar-refractivity contribution >= 4 is 11.0 Å². The lowest BCUT2D eigenvalue weighted by Crippen LogP contribution is -1.94. The van der Waals surface area contributed by atoms with Crippen molar-refractivity contribution < 1.29 is 14.3 Å². The van der Waals surface area contributed by atoms with Crippen molar-refractivity contribution in [3.63, 3.8) is 0 Å². The van der Waals surface area contributed by atoms with Crippen LogP contribution in [0.3, 0.4) is 0 Å². The van der Waals surface area contributed by atoms with Crippen molar-refractivity contribution in [3.05, 3.63) is 59.9 Å². The summed E-state index contributed by atoms with van der Waals surface area (Å²) in [5.41, 5.74) is 3.05. The van der Waals surface area contributed by atoms with Gasteiger partial charge in [0, 0.05) is 17.0 Å². The van der Waals surface area contributed by atoms with Crippen LogP contribution >= 0.6 is 0 Å². The topological polar surface area (TPSA) is 42.6 Å². The molecule has 1 heterocycles. The third kappa shape index (κ3) is 2.27. The van der Waals surface area contributed by atoms with Gasteiger partial charge in [0.25, 0.3) is 0 Å². The van der Waals surface area contributed by atoms with E-state index in [9.17, 15) is 5.11 Å². The number of aryl methyl sites for hydroxylation is 1. The molecule has 0 aliphatic rings. The average Bonchev–Trinajstić information content (AvgIpc) is 2.81. The molecule has 0 bridgehead atoms. The Morgan fingerprint density at radius 3 is 2.84 bits per heavy atom. The Balaban J connectivity index is 1.86. The summed E-state index contributed by atoms with van der Waals surface area (Å²) in [7, 11) is 0. The molecule has 0 spiro atoms. The number of phenols is 1. The zero-order valence-electron chi connectivity index (χ0n) is 10.6. The molecular weight excluding hydrogens is 240 g/mol. The number of benzene rings is 2. The second kappa shape index (κ2) is 4.69. The van der Waals surface area contributed by atoms with E-state index in [0.717, 1.165) is 16.5 Å². The third-order valence-corrected chi connectivity index (χ3v) is 3.10. The number of hydrogen-bond acceptors (Lipinski definition) is 3. The fourth-order valence-corrected chi connectivity index (χ4v) is 2.18. The first-order chi connectivity index (χ1) is 9.24. The molecule has 0 atom stereocenters. The zero-order chi connectivity index (χ0) is 13.2. The predicted molar refractivity (Wildman–Crippen MR) is 73.4 cm³/mol. The molecule has 2 aromatic carbocycles. The van der Waals surface area contributed by atoms with Gasteiger partial charge in [0.15, 0.2) is 0 Å². The largest absolute Gasteiger partial charge is 0.508 e. The minimum atomic E-state index is 0.200. The van der Waals surface area contributed by atoms with Gasteiger partial charge in [0.2, 0.25) is 0 Å². The Labute approximate surface area is 111 Å². The van der Waals surface area contributed by atoms with E-state index in [-0.39, 0.29) is 5.75 Å². The Kier molecular flexibility index (Phi) is 2.88. The summed E-state index contributed by atoms with van der Waals surface area (Å²) in [6.45, 7) is 2.47. The van der Waals surface area contributed by atoms with E-state index in [4.69, 9.17) is 9.15 Å². The van der Waals surface area contributed by atoms with Crippen LogP contribution in [0.15, 0.2) is 53.1 Å². The lowest BCUT2D eigenvalue weighted by molar-refractivity contribution is 0.304. The van der Waals surface area contributed by atoms with Crippen LogP contribution in [0.4, 0.5) is 0 Å². The number of hydrogen-bond donors (Lipinski definition) is 1. The molecule has 19 heavy (non-hydrogen) atoms. The van der Waals surface area contributed by atoms with E-state index in [1.807, 2.05) is 18.2 Å². The molecule has 0 saturated heterocycles. The zero-order valence-corrected chi connectivity index (χ0v) is 10.6. The molecule has 3 nitrogen and oxygen atoms in total. The van der Waals surface area contributed by atoms with Crippen LogP contribution in [-0.4, -0.2) is 5.11 Å². The molecule has 0 amide bonds. The van der Waals surface area contributed by atoms with Crippen LogP contribution < -0.4 is 4.74 Å². The number of fused-ring (bicyclic) bond motifs is 1. The lowest BCUT2D eigenvalue weighted by atomic mass is 10.1. The second-order valence-corrected chi connectivity index (χ2v) is 4.50. The first-order valence-corrected chi connectivity index (χ1v) is 6.11. The maximum Gasteiger partial charge on any atom is 0.134 e. The van der Waals surface area contributed by atoms with Crippen molar-refractivity contribution in [3.8, 4) is 11.5 Å². The normalized spacial score (nSPS) is 10.8. The van der Waals surface area contributed by atoms with Gasteiger partial charge in [-0.05, 0) is 30.7 Å². The predicted octanol–water partition coefficient (Wildman–Crippen LogP) is 4.03. The van der Waals surface area contributed by atoms with Gasteiger partial charge >= 0.3 is 0 Å².